The average Bonchev–Trinajstić information content (AvgIpc) is 3.61. The average molecular weight is 674 g/mol. The Bertz CT molecular complexity index is 1690. The number of allylic oxidation sites excluding steroid dienone is 2. The summed E-state index contributed by atoms with van der Waals surface area (Å²) in [4.78, 5) is 54.5. The number of thiophene rings is 1. The zero-order valence-corrected chi connectivity index (χ0v) is 25.3. The summed E-state index contributed by atoms with van der Waals surface area (Å²) in [6, 6.07) is 14.6. The highest BCUT2D eigenvalue weighted by molar-refractivity contribution is 9.09. The van der Waals surface area contributed by atoms with Crippen molar-refractivity contribution in [3.8, 4) is 5.75 Å². The molecule has 1 N–H and O–H groups in total. The van der Waals surface area contributed by atoms with E-state index in [0.29, 0.717) is 16.5 Å². The lowest BCUT2D eigenvalue weighted by molar-refractivity contribution is -0.141. The quantitative estimate of drug-likeness (QED) is 0.170. The third-order valence-corrected chi connectivity index (χ3v) is 12.0. The van der Waals surface area contributed by atoms with Crippen LogP contribution in [0.1, 0.15) is 29.2 Å². The van der Waals surface area contributed by atoms with Crippen LogP contribution < -0.4 is 0 Å². The van der Waals surface area contributed by atoms with Crippen LogP contribution in [0.25, 0.3) is 10.8 Å². The molecular weight excluding hydrogens is 651 g/mol. The fraction of sp³-hybridized carbons (Fsp3) is 0.333. The summed E-state index contributed by atoms with van der Waals surface area (Å²) < 4.78 is 0. The van der Waals surface area contributed by atoms with Gasteiger partial charge >= 0.3 is 0 Å². The van der Waals surface area contributed by atoms with E-state index in [1.54, 1.807) is 18.2 Å². The van der Waals surface area contributed by atoms with Crippen molar-refractivity contribution in [2.45, 2.75) is 35.1 Å². The van der Waals surface area contributed by atoms with E-state index in [-0.39, 0.29) is 42.4 Å². The Kier molecular flexibility index (Phi) is 6.22. The Hall–Kier alpha value is -2.72. The van der Waals surface area contributed by atoms with Gasteiger partial charge in [-0.3, -0.25) is 29.0 Å². The van der Waals surface area contributed by atoms with Crippen molar-refractivity contribution in [3.63, 3.8) is 0 Å². The fourth-order valence-corrected chi connectivity index (χ4v) is 9.49. The van der Waals surface area contributed by atoms with Crippen LogP contribution in [-0.4, -0.2) is 53.7 Å². The molecule has 4 aliphatic rings. The molecule has 11 heteroatoms. The molecule has 41 heavy (non-hydrogen) atoms. The van der Waals surface area contributed by atoms with Gasteiger partial charge in [0.15, 0.2) is 9.75 Å². The van der Waals surface area contributed by atoms with Gasteiger partial charge in [-0.1, -0.05) is 70.0 Å². The first-order chi connectivity index (χ1) is 19.6. The summed E-state index contributed by atoms with van der Waals surface area (Å²) in [5.41, 5.74) is 0.897. The molecule has 1 saturated carbocycles. The molecule has 6 atom stereocenters. The summed E-state index contributed by atoms with van der Waals surface area (Å²) in [6.07, 6.45) is 2.06. The molecular formula is C30H23BrCl2N2O5S. The van der Waals surface area contributed by atoms with Crippen LogP contribution in [0.15, 0.2) is 65.6 Å². The number of imide groups is 2. The highest BCUT2D eigenvalue weighted by Crippen LogP contribution is 2.66. The molecule has 3 aromatic rings. The maximum absolute atomic E-state index is 13.9. The van der Waals surface area contributed by atoms with Crippen LogP contribution in [0.4, 0.5) is 0 Å². The molecule has 0 radical (unpaired) electrons. The van der Waals surface area contributed by atoms with Crippen molar-refractivity contribution >= 4 is 84.9 Å². The summed E-state index contributed by atoms with van der Waals surface area (Å²) in [6.45, 7) is 0.180. The predicted octanol–water partition coefficient (Wildman–Crippen LogP) is 5.52. The Balaban J connectivity index is 1.41. The number of likely N-dealkylation sites (tertiary alicyclic amines) is 2. The summed E-state index contributed by atoms with van der Waals surface area (Å²) >= 11 is 19.2. The third-order valence-electron chi connectivity index (χ3n) is 9.24. The van der Waals surface area contributed by atoms with E-state index < -0.39 is 45.2 Å². The number of alkyl halides is 3. The minimum absolute atomic E-state index is 0.0681. The van der Waals surface area contributed by atoms with Gasteiger partial charge in [0.2, 0.25) is 11.8 Å². The van der Waals surface area contributed by atoms with Gasteiger partial charge in [-0.05, 0) is 35.6 Å². The van der Waals surface area contributed by atoms with Crippen molar-refractivity contribution in [3.05, 3.63) is 76.0 Å². The highest BCUT2D eigenvalue weighted by atomic mass is 79.9. The maximum Gasteiger partial charge on any atom is 0.254 e. The molecule has 3 heterocycles. The number of carbonyl (C=O) groups is 4. The molecule has 0 bridgehead atoms. The number of carbonyl (C=O) groups excluding carboxylic acids is 4. The first-order valence-electron chi connectivity index (χ1n) is 13.2. The smallest absolute Gasteiger partial charge is 0.254 e. The molecule has 2 aliphatic heterocycles. The number of hydrogen-bond donors (Lipinski definition) is 1. The summed E-state index contributed by atoms with van der Waals surface area (Å²) in [5.74, 6) is -4.97. The molecule has 6 unspecified atom stereocenters. The Labute approximate surface area is 257 Å². The van der Waals surface area contributed by atoms with E-state index in [1.807, 2.05) is 41.8 Å². The number of phenols is 1. The number of benzene rings is 2. The molecule has 3 fully saturated rings. The number of nitrogens with zero attached hydrogens (tertiary/aromatic N) is 2. The van der Waals surface area contributed by atoms with E-state index in [4.69, 9.17) is 23.2 Å². The normalized spacial score (nSPS) is 32.8. The first-order valence-corrected chi connectivity index (χ1v) is 16.0. The van der Waals surface area contributed by atoms with E-state index in [0.717, 1.165) is 15.2 Å². The lowest BCUT2D eigenvalue weighted by atomic mass is 9.56. The topological polar surface area (TPSA) is 95.0 Å². The van der Waals surface area contributed by atoms with Gasteiger partial charge in [0.05, 0.1) is 23.8 Å². The minimum Gasteiger partial charge on any atom is -0.507 e. The van der Waals surface area contributed by atoms with Crippen LogP contribution in [0.2, 0.25) is 0 Å². The molecule has 2 saturated heterocycles. The molecule has 1 aromatic heterocycles. The van der Waals surface area contributed by atoms with Crippen LogP contribution in [0.3, 0.4) is 0 Å². The standard InChI is InChI=1S/C30H23BrCl2N2O5S/c31-14-35-27(39)29(32)12-21-18(9-10-19-22(21)26(38)34(25(19)37)13-16-5-3-11-41-16)23(30(29,33)28(35)40)20-8-7-15-4-1-2-6-17(15)24(20)36/h1-9,11,19,21-23,36H,10,12-14H2. The van der Waals surface area contributed by atoms with Crippen LogP contribution >= 0.6 is 50.5 Å². The van der Waals surface area contributed by atoms with Crippen LogP contribution in [0, 0.1) is 17.8 Å². The third kappa shape index (κ3) is 3.49. The number of rotatable bonds is 4. The highest BCUT2D eigenvalue weighted by Gasteiger charge is 2.76. The molecule has 210 valence electrons. The van der Waals surface area contributed by atoms with Gasteiger partial charge in [-0.15, -0.1) is 34.5 Å². The summed E-state index contributed by atoms with van der Waals surface area (Å²) in [5, 5.41) is 14.8. The van der Waals surface area contributed by atoms with E-state index >= 15 is 0 Å². The zero-order chi connectivity index (χ0) is 28.8. The van der Waals surface area contributed by atoms with E-state index in [1.165, 1.54) is 16.2 Å². The van der Waals surface area contributed by atoms with Gasteiger partial charge in [0, 0.05) is 21.7 Å². The van der Waals surface area contributed by atoms with Crippen molar-refractivity contribution in [2.75, 3.05) is 5.45 Å². The summed E-state index contributed by atoms with van der Waals surface area (Å²) in [7, 11) is 0. The number of phenolic OH excluding ortho intramolecular Hbond substituents is 1. The second-order valence-corrected chi connectivity index (χ2v) is 13.8. The molecule has 2 aliphatic carbocycles. The monoisotopic (exact) mass is 672 g/mol. The number of amides is 4. The molecule has 7 nitrogen and oxygen atoms in total. The Morgan fingerprint density at radius 1 is 0.951 bits per heavy atom. The van der Waals surface area contributed by atoms with Crippen molar-refractivity contribution in [1.29, 1.82) is 0 Å². The molecule has 4 amide bonds. The van der Waals surface area contributed by atoms with E-state index in [2.05, 4.69) is 15.9 Å². The van der Waals surface area contributed by atoms with Gasteiger partial charge in [-0.25, -0.2) is 0 Å². The number of hydrogen-bond acceptors (Lipinski definition) is 6. The number of aromatic hydroxyl groups is 1. The van der Waals surface area contributed by atoms with Crippen molar-refractivity contribution in [2.24, 2.45) is 17.8 Å². The van der Waals surface area contributed by atoms with Gasteiger partial charge in [0.1, 0.15) is 5.75 Å². The number of halogens is 3. The van der Waals surface area contributed by atoms with E-state index in [9.17, 15) is 24.3 Å². The number of fused-ring (bicyclic) bond motifs is 5. The maximum atomic E-state index is 13.9. The van der Waals surface area contributed by atoms with Crippen molar-refractivity contribution in [1.82, 2.24) is 9.80 Å². The SMILES string of the molecule is O=C1C2CC=C3C(CC4(Cl)C(=O)N(CBr)C(=O)C4(Cl)C3c3ccc4ccccc4c3O)C2C(=O)N1Cc1cccs1. The Morgan fingerprint density at radius 2 is 1.73 bits per heavy atom. The lowest BCUT2D eigenvalue weighted by Crippen LogP contribution is -2.60. The zero-order valence-electron chi connectivity index (χ0n) is 21.4. The van der Waals surface area contributed by atoms with Gasteiger partial charge < -0.3 is 5.11 Å². The minimum atomic E-state index is -1.96. The first kappa shape index (κ1) is 27.1. The fourth-order valence-electron chi connectivity index (χ4n) is 7.38. The second-order valence-electron chi connectivity index (χ2n) is 11.1. The molecule has 7 rings (SSSR count). The van der Waals surface area contributed by atoms with Crippen molar-refractivity contribution < 1.29 is 24.3 Å². The predicted molar refractivity (Wildman–Crippen MR) is 159 cm³/mol. The van der Waals surface area contributed by atoms with Crippen LogP contribution in [-0.2, 0) is 25.7 Å². The molecule has 2 aromatic carbocycles. The van der Waals surface area contributed by atoms with Gasteiger partial charge in [-0.2, -0.15) is 0 Å². The second kappa shape index (κ2) is 9.39. The Morgan fingerprint density at radius 3 is 2.46 bits per heavy atom. The molecule has 0 spiro atoms. The largest absolute Gasteiger partial charge is 0.507 e. The lowest BCUT2D eigenvalue weighted by Gasteiger charge is -2.50. The van der Waals surface area contributed by atoms with Gasteiger partial charge in [0.25, 0.3) is 11.8 Å². The van der Waals surface area contributed by atoms with Crippen LogP contribution in [0.5, 0.6) is 5.75 Å².